The molecular weight excluding hydrogens is 528 g/mol. The summed E-state index contributed by atoms with van der Waals surface area (Å²) in [6.45, 7) is 0.250. The summed E-state index contributed by atoms with van der Waals surface area (Å²) in [6, 6.07) is 17.2. The van der Waals surface area contributed by atoms with Gasteiger partial charge in [-0.25, -0.2) is 0 Å². The van der Waals surface area contributed by atoms with Crippen molar-refractivity contribution in [3.05, 3.63) is 94.5 Å². The van der Waals surface area contributed by atoms with Crippen LogP contribution in [0.5, 0.6) is 46.0 Å². The van der Waals surface area contributed by atoms with Crippen molar-refractivity contribution in [3.8, 4) is 46.0 Å². The van der Waals surface area contributed by atoms with Crippen molar-refractivity contribution in [3.63, 3.8) is 0 Å². The Kier molecular flexibility index (Phi) is 7.72. The highest BCUT2D eigenvalue weighted by molar-refractivity contribution is 5.58. The Bertz CT molecular complexity index is 1550. The molecule has 0 spiro atoms. The van der Waals surface area contributed by atoms with Crippen LogP contribution in [0, 0.1) is 0 Å². The number of aliphatic hydroxyl groups excluding tert-OH is 1. The lowest BCUT2D eigenvalue weighted by Gasteiger charge is -2.30. The third-order valence-electron chi connectivity index (χ3n) is 7.56. The first-order valence-corrected chi connectivity index (χ1v) is 13.1. The zero-order valence-corrected chi connectivity index (χ0v) is 22.6. The Morgan fingerprint density at radius 3 is 2.20 bits per heavy atom. The molecule has 0 amide bonds. The van der Waals surface area contributed by atoms with Crippen molar-refractivity contribution >= 4 is 0 Å². The van der Waals surface area contributed by atoms with Crippen LogP contribution < -0.4 is 14.2 Å². The molecule has 9 nitrogen and oxygen atoms in total. The van der Waals surface area contributed by atoms with E-state index < -0.39 is 12.0 Å². The van der Waals surface area contributed by atoms with Crippen molar-refractivity contribution in [2.45, 2.75) is 30.8 Å². The number of rotatable bonds is 8. The van der Waals surface area contributed by atoms with E-state index in [0.717, 1.165) is 11.1 Å². The molecule has 41 heavy (non-hydrogen) atoms. The zero-order valence-electron chi connectivity index (χ0n) is 22.6. The molecule has 1 aliphatic heterocycles. The van der Waals surface area contributed by atoms with E-state index in [2.05, 4.69) is 0 Å². The van der Waals surface area contributed by atoms with Crippen LogP contribution >= 0.6 is 0 Å². The summed E-state index contributed by atoms with van der Waals surface area (Å²) >= 11 is 0. The summed E-state index contributed by atoms with van der Waals surface area (Å²) in [5.74, 6) is -0.480. The highest BCUT2D eigenvalue weighted by atomic mass is 16.5. The van der Waals surface area contributed by atoms with Crippen molar-refractivity contribution in [1.29, 1.82) is 0 Å². The maximum absolute atomic E-state index is 11.5. The molecule has 0 bridgehead atoms. The van der Waals surface area contributed by atoms with E-state index >= 15 is 0 Å². The number of aliphatic hydroxyl groups is 1. The van der Waals surface area contributed by atoms with E-state index in [1.54, 1.807) is 30.3 Å². The lowest BCUT2D eigenvalue weighted by molar-refractivity contribution is 0.154. The lowest BCUT2D eigenvalue weighted by atomic mass is 9.81. The first kappa shape index (κ1) is 27.8. The second kappa shape index (κ2) is 11.4. The summed E-state index contributed by atoms with van der Waals surface area (Å²) in [7, 11) is 2.94. The number of fused-ring (bicyclic) bond motifs is 1. The maximum atomic E-state index is 11.5. The van der Waals surface area contributed by atoms with E-state index in [4.69, 9.17) is 14.2 Å². The van der Waals surface area contributed by atoms with E-state index in [1.165, 1.54) is 50.6 Å². The molecule has 5 rings (SSSR count). The number of phenolic OH excluding ortho intramolecular Hbond substituents is 5. The van der Waals surface area contributed by atoms with E-state index in [9.17, 15) is 30.6 Å². The molecule has 6 N–H and O–H groups in total. The molecule has 4 aromatic carbocycles. The smallest absolute Gasteiger partial charge is 0.203 e. The molecule has 4 aromatic rings. The summed E-state index contributed by atoms with van der Waals surface area (Å²) < 4.78 is 16.6. The largest absolute Gasteiger partial charge is 0.508 e. The molecule has 0 saturated carbocycles. The minimum Gasteiger partial charge on any atom is -0.508 e. The average molecular weight is 561 g/mol. The zero-order chi connectivity index (χ0) is 29.3. The Hall–Kier alpha value is -4.76. The predicted molar refractivity (Wildman–Crippen MR) is 151 cm³/mol. The van der Waals surface area contributed by atoms with Gasteiger partial charge >= 0.3 is 0 Å². The van der Waals surface area contributed by atoms with Gasteiger partial charge in [-0.05, 0) is 54.3 Å². The fourth-order valence-electron chi connectivity index (χ4n) is 5.51. The van der Waals surface area contributed by atoms with Gasteiger partial charge in [0.25, 0.3) is 0 Å². The Labute approximate surface area is 237 Å². The number of ether oxygens (including phenoxy) is 3. The van der Waals surface area contributed by atoms with Gasteiger partial charge in [0.15, 0.2) is 11.5 Å². The number of hydrogen-bond acceptors (Lipinski definition) is 9. The molecule has 0 unspecified atom stereocenters. The van der Waals surface area contributed by atoms with E-state index in [-0.39, 0.29) is 53.4 Å². The normalized spacial score (nSPS) is 15.8. The second-order valence-electron chi connectivity index (χ2n) is 10.1. The van der Waals surface area contributed by atoms with Gasteiger partial charge < -0.3 is 44.8 Å². The van der Waals surface area contributed by atoms with E-state index in [0.29, 0.717) is 34.6 Å². The van der Waals surface area contributed by atoms with Gasteiger partial charge in [0, 0.05) is 40.7 Å². The van der Waals surface area contributed by atoms with Crippen LogP contribution in [-0.2, 0) is 12.8 Å². The first-order chi connectivity index (χ1) is 19.7. The standard InChI is InChI=1S/C32H32O9/c1-39-28-10-9-22(31(38)32(28)40-2)19-12-18-13-24(26(36)15-29(18)41-16-19)30(23-8-7-21(34)14-25(23)35)27(37)11-17-3-5-20(33)6-4-17/h3-10,13-15,19,27,30,33-38H,11-12,16H2,1-2H3/t19-,27+,30+/m0/s1. The van der Waals surface area contributed by atoms with Crippen molar-refractivity contribution in [1.82, 2.24) is 0 Å². The van der Waals surface area contributed by atoms with Crippen LogP contribution in [0.25, 0.3) is 0 Å². The van der Waals surface area contributed by atoms with Gasteiger partial charge in [0.1, 0.15) is 28.7 Å². The lowest BCUT2D eigenvalue weighted by Crippen LogP contribution is -2.24. The highest BCUT2D eigenvalue weighted by Crippen LogP contribution is 2.47. The monoisotopic (exact) mass is 560 g/mol. The minimum absolute atomic E-state index is 0.0425. The number of phenols is 5. The van der Waals surface area contributed by atoms with Gasteiger partial charge in [-0.1, -0.05) is 24.3 Å². The van der Waals surface area contributed by atoms with Gasteiger partial charge in [-0.15, -0.1) is 0 Å². The molecule has 214 valence electrons. The molecule has 0 saturated heterocycles. The third-order valence-corrected chi connectivity index (χ3v) is 7.56. The Balaban J connectivity index is 1.54. The van der Waals surface area contributed by atoms with E-state index in [1.807, 2.05) is 0 Å². The SMILES string of the molecule is COc1ccc([C@@H]2COc3cc(O)c([C@@H](c4ccc(O)cc4O)[C@H](O)Cc4ccc(O)cc4)cc3C2)c(O)c1OC. The molecule has 1 aliphatic rings. The van der Waals surface area contributed by atoms with Gasteiger partial charge in [0.05, 0.1) is 26.9 Å². The number of hydrogen-bond donors (Lipinski definition) is 6. The average Bonchev–Trinajstić information content (AvgIpc) is 2.95. The maximum Gasteiger partial charge on any atom is 0.203 e. The van der Waals surface area contributed by atoms with Crippen LogP contribution in [-0.4, -0.2) is 57.6 Å². The minimum atomic E-state index is -1.10. The molecule has 0 fully saturated rings. The van der Waals surface area contributed by atoms with Crippen LogP contribution in [0.1, 0.15) is 39.7 Å². The molecule has 1 heterocycles. The summed E-state index contributed by atoms with van der Waals surface area (Å²) in [5, 5.41) is 63.8. The van der Waals surface area contributed by atoms with Crippen molar-refractivity contribution in [2.24, 2.45) is 0 Å². The second-order valence-corrected chi connectivity index (χ2v) is 10.1. The highest BCUT2D eigenvalue weighted by Gasteiger charge is 2.32. The van der Waals surface area contributed by atoms with Crippen LogP contribution in [0.2, 0.25) is 0 Å². The summed E-state index contributed by atoms with van der Waals surface area (Å²) in [5.41, 5.74) is 2.77. The molecule has 0 aliphatic carbocycles. The van der Waals surface area contributed by atoms with Crippen molar-refractivity contribution < 1.29 is 44.8 Å². The number of benzene rings is 4. The summed E-state index contributed by atoms with van der Waals surface area (Å²) in [4.78, 5) is 0. The summed E-state index contributed by atoms with van der Waals surface area (Å²) in [6.07, 6.45) is -0.497. The molecule has 0 aromatic heterocycles. The van der Waals surface area contributed by atoms with Gasteiger partial charge in [-0.2, -0.15) is 0 Å². The topological polar surface area (TPSA) is 149 Å². The molecular formula is C32H32O9. The van der Waals surface area contributed by atoms with Crippen LogP contribution in [0.3, 0.4) is 0 Å². The van der Waals surface area contributed by atoms with Gasteiger partial charge in [-0.3, -0.25) is 0 Å². The van der Waals surface area contributed by atoms with Crippen LogP contribution in [0.4, 0.5) is 0 Å². The predicted octanol–water partition coefficient (Wildman–Crippen LogP) is 4.69. The van der Waals surface area contributed by atoms with Gasteiger partial charge in [0.2, 0.25) is 5.75 Å². The fraction of sp³-hybridized carbons (Fsp3) is 0.250. The molecule has 3 atom stereocenters. The fourth-order valence-corrected chi connectivity index (χ4v) is 5.51. The number of methoxy groups -OCH3 is 2. The third kappa shape index (κ3) is 5.49. The quantitative estimate of drug-likeness (QED) is 0.181. The molecule has 0 radical (unpaired) electrons. The molecule has 9 heteroatoms. The van der Waals surface area contributed by atoms with Crippen LogP contribution in [0.15, 0.2) is 66.7 Å². The Morgan fingerprint density at radius 1 is 0.805 bits per heavy atom. The first-order valence-electron chi connectivity index (χ1n) is 13.1. The Morgan fingerprint density at radius 2 is 1.51 bits per heavy atom. The number of aromatic hydroxyl groups is 5. The van der Waals surface area contributed by atoms with Crippen molar-refractivity contribution in [2.75, 3.05) is 20.8 Å².